The summed E-state index contributed by atoms with van der Waals surface area (Å²) in [5.41, 5.74) is 0.630. The van der Waals surface area contributed by atoms with Crippen LogP contribution in [-0.2, 0) is 7.05 Å². The van der Waals surface area contributed by atoms with Gasteiger partial charge in [0.2, 0.25) is 5.82 Å². The Balaban J connectivity index is 2.45. The van der Waals surface area contributed by atoms with Gasteiger partial charge in [0.25, 0.3) is 0 Å². The molecular formula is C6H6N6. The Morgan fingerprint density at radius 2 is 2.25 bits per heavy atom. The average molecular weight is 162 g/mol. The number of hydrogen-bond acceptors (Lipinski definition) is 5. The lowest BCUT2D eigenvalue weighted by atomic mass is 10.4. The van der Waals surface area contributed by atoms with Crippen molar-refractivity contribution in [3.8, 4) is 11.5 Å². The Bertz CT molecular complexity index is 367. The van der Waals surface area contributed by atoms with Gasteiger partial charge in [0.1, 0.15) is 5.69 Å². The van der Waals surface area contributed by atoms with Crippen LogP contribution in [-0.4, -0.2) is 30.2 Å². The first-order valence-corrected chi connectivity index (χ1v) is 3.36. The van der Waals surface area contributed by atoms with Crippen molar-refractivity contribution in [3.63, 3.8) is 0 Å². The summed E-state index contributed by atoms with van der Waals surface area (Å²) in [6.07, 6.45) is 4.78. The molecule has 2 rings (SSSR count). The molecule has 12 heavy (non-hydrogen) atoms. The highest BCUT2D eigenvalue weighted by atomic mass is 15.6. The molecule has 2 heterocycles. The maximum atomic E-state index is 4.02. The van der Waals surface area contributed by atoms with Crippen LogP contribution >= 0.6 is 0 Å². The molecule has 0 fully saturated rings. The number of aryl methyl sites for hydroxylation is 1. The summed E-state index contributed by atoms with van der Waals surface area (Å²) in [5, 5.41) is 11.4. The van der Waals surface area contributed by atoms with E-state index in [0.29, 0.717) is 11.5 Å². The highest BCUT2D eigenvalue weighted by molar-refractivity contribution is 5.44. The smallest absolute Gasteiger partial charge is 0.224 e. The summed E-state index contributed by atoms with van der Waals surface area (Å²) in [6, 6.07) is 0. The standard InChI is InChI=1S/C6H6N6/c1-12-10-6(9-11-12)5-4-7-2-3-8-5/h2-4H,1H3. The molecule has 0 aromatic carbocycles. The third-order valence-electron chi connectivity index (χ3n) is 1.30. The van der Waals surface area contributed by atoms with Crippen LogP contribution < -0.4 is 0 Å². The fourth-order valence-electron chi connectivity index (χ4n) is 0.801. The van der Waals surface area contributed by atoms with E-state index in [1.165, 1.54) is 4.80 Å². The van der Waals surface area contributed by atoms with Crippen LogP contribution in [0, 0.1) is 0 Å². The van der Waals surface area contributed by atoms with E-state index >= 15 is 0 Å². The molecule has 0 aliphatic rings. The summed E-state index contributed by atoms with van der Waals surface area (Å²) >= 11 is 0. The van der Waals surface area contributed by atoms with Crippen molar-refractivity contribution in [3.05, 3.63) is 18.6 Å². The first kappa shape index (κ1) is 6.84. The topological polar surface area (TPSA) is 69.4 Å². The lowest BCUT2D eigenvalue weighted by Gasteiger charge is -1.88. The lowest BCUT2D eigenvalue weighted by Crippen LogP contribution is -1.92. The zero-order chi connectivity index (χ0) is 8.39. The maximum Gasteiger partial charge on any atom is 0.224 e. The highest BCUT2D eigenvalue weighted by Crippen LogP contribution is 2.05. The molecule has 0 aliphatic carbocycles. The van der Waals surface area contributed by atoms with Crippen molar-refractivity contribution >= 4 is 0 Å². The molecule has 0 N–H and O–H groups in total. The van der Waals surface area contributed by atoms with Gasteiger partial charge in [0, 0.05) is 12.4 Å². The summed E-state index contributed by atoms with van der Waals surface area (Å²) in [6.45, 7) is 0. The van der Waals surface area contributed by atoms with Crippen LogP contribution in [0.15, 0.2) is 18.6 Å². The van der Waals surface area contributed by atoms with E-state index in [1.807, 2.05) is 0 Å². The molecule has 0 radical (unpaired) electrons. The van der Waals surface area contributed by atoms with Crippen LogP contribution in [0.2, 0.25) is 0 Å². The van der Waals surface area contributed by atoms with Gasteiger partial charge in [-0.3, -0.25) is 4.98 Å². The predicted octanol–water partition coefficient (Wildman–Crippen LogP) is -0.333. The fourth-order valence-corrected chi connectivity index (χ4v) is 0.801. The van der Waals surface area contributed by atoms with Crippen LogP contribution in [0.25, 0.3) is 11.5 Å². The molecule has 0 saturated carbocycles. The van der Waals surface area contributed by atoms with Gasteiger partial charge in [0.05, 0.1) is 13.2 Å². The van der Waals surface area contributed by atoms with Crippen molar-refractivity contribution in [2.24, 2.45) is 7.05 Å². The molecule has 0 aliphatic heterocycles. The number of rotatable bonds is 1. The Morgan fingerprint density at radius 1 is 1.33 bits per heavy atom. The fraction of sp³-hybridized carbons (Fsp3) is 0.167. The van der Waals surface area contributed by atoms with Gasteiger partial charge < -0.3 is 0 Å². The molecule has 0 spiro atoms. The molecule has 0 bridgehead atoms. The van der Waals surface area contributed by atoms with Crippen LogP contribution in [0.1, 0.15) is 0 Å². The first-order chi connectivity index (χ1) is 5.86. The molecule has 60 valence electrons. The number of nitrogens with zero attached hydrogens (tertiary/aromatic N) is 6. The Labute approximate surface area is 68.3 Å². The maximum absolute atomic E-state index is 4.02. The van der Waals surface area contributed by atoms with Gasteiger partial charge in [-0.15, -0.1) is 10.2 Å². The zero-order valence-electron chi connectivity index (χ0n) is 6.42. The second-order valence-electron chi connectivity index (χ2n) is 2.19. The Kier molecular flexibility index (Phi) is 1.51. The number of hydrogen-bond donors (Lipinski definition) is 0. The monoisotopic (exact) mass is 162 g/mol. The van der Waals surface area contributed by atoms with Crippen molar-refractivity contribution in [1.82, 2.24) is 30.2 Å². The van der Waals surface area contributed by atoms with Gasteiger partial charge in [-0.25, -0.2) is 4.98 Å². The SMILES string of the molecule is Cn1nnc(-c2cnccn2)n1. The van der Waals surface area contributed by atoms with Gasteiger partial charge in [-0.05, 0) is 5.21 Å². The normalized spacial score (nSPS) is 10.1. The summed E-state index contributed by atoms with van der Waals surface area (Å²) < 4.78 is 0. The van der Waals surface area contributed by atoms with E-state index in [1.54, 1.807) is 25.6 Å². The van der Waals surface area contributed by atoms with E-state index < -0.39 is 0 Å². The molecule has 2 aromatic heterocycles. The van der Waals surface area contributed by atoms with Crippen LogP contribution in [0.3, 0.4) is 0 Å². The van der Waals surface area contributed by atoms with Crippen LogP contribution in [0.4, 0.5) is 0 Å². The van der Waals surface area contributed by atoms with E-state index in [-0.39, 0.29) is 0 Å². The van der Waals surface area contributed by atoms with Crippen molar-refractivity contribution in [1.29, 1.82) is 0 Å². The third-order valence-corrected chi connectivity index (χ3v) is 1.30. The van der Waals surface area contributed by atoms with Gasteiger partial charge in [-0.1, -0.05) is 0 Å². The largest absolute Gasteiger partial charge is 0.261 e. The van der Waals surface area contributed by atoms with E-state index in [9.17, 15) is 0 Å². The second kappa shape index (κ2) is 2.65. The summed E-state index contributed by atoms with van der Waals surface area (Å²) in [4.78, 5) is 9.29. The molecular weight excluding hydrogens is 156 g/mol. The molecule has 6 heteroatoms. The van der Waals surface area contributed by atoms with Gasteiger partial charge in [0.15, 0.2) is 0 Å². The van der Waals surface area contributed by atoms with Crippen molar-refractivity contribution in [2.75, 3.05) is 0 Å². The van der Waals surface area contributed by atoms with E-state index in [0.717, 1.165) is 0 Å². The Hall–Kier alpha value is -1.85. The quantitative estimate of drug-likeness (QED) is 0.574. The Morgan fingerprint density at radius 3 is 2.83 bits per heavy atom. The summed E-state index contributed by atoms with van der Waals surface area (Å²) in [7, 11) is 1.70. The minimum atomic E-state index is 0.491. The van der Waals surface area contributed by atoms with Gasteiger partial charge in [-0.2, -0.15) is 4.80 Å². The lowest BCUT2D eigenvalue weighted by molar-refractivity contribution is 0.630. The predicted molar refractivity (Wildman–Crippen MR) is 39.8 cm³/mol. The molecule has 0 unspecified atom stereocenters. The van der Waals surface area contributed by atoms with E-state index in [4.69, 9.17) is 0 Å². The summed E-state index contributed by atoms with van der Waals surface area (Å²) in [5.74, 6) is 0.491. The average Bonchev–Trinajstić information content (AvgIpc) is 2.54. The first-order valence-electron chi connectivity index (χ1n) is 3.36. The number of tetrazole rings is 1. The highest BCUT2D eigenvalue weighted by Gasteiger charge is 2.03. The molecule has 0 saturated heterocycles. The third kappa shape index (κ3) is 1.14. The second-order valence-corrected chi connectivity index (χ2v) is 2.19. The van der Waals surface area contributed by atoms with Crippen LogP contribution in [0.5, 0.6) is 0 Å². The minimum Gasteiger partial charge on any atom is -0.261 e. The zero-order valence-corrected chi connectivity index (χ0v) is 6.42. The number of aromatic nitrogens is 6. The molecule has 0 amide bonds. The van der Waals surface area contributed by atoms with Crippen molar-refractivity contribution in [2.45, 2.75) is 0 Å². The van der Waals surface area contributed by atoms with Crippen molar-refractivity contribution < 1.29 is 0 Å². The molecule has 2 aromatic rings. The van der Waals surface area contributed by atoms with E-state index in [2.05, 4.69) is 25.4 Å². The molecule has 0 atom stereocenters. The minimum absolute atomic E-state index is 0.491. The van der Waals surface area contributed by atoms with Gasteiger partial charge >= 0.3 is 0 Å². The molecule has 6 nitrogen and oxygen atoms in total.